The fourth-order valence-corrected chi connectivity index (χ4v) is 3.31. The van der Waals surface area contributed by atoms with Crippen molar-refractivity contribution < 1.29 is 14.3 Å². The van der Waals surface area contributed by atoms with Gasteiger partial charge >= 0.3 is 0 Å². The highest BCUT2D eigenvalue weighted by Gasteiger charge is 2.33. The van der Waals surface area contributed by atoms with Gasteiger partial charge in [0.15, 0.2) is 0 Å². The second-order valence-electron chi connectivity index (χ2n) is 7.09. The minimum Gasteiger partial charge on any atom is -0.497 e. The van der Waals surface area contributed by atoms with Crippen molar-refractivity contribution in [3.05, 3.63) is 53.6 Å². The Morgan fingerprint density at radius 1 is 1.00 bits per heavy atom. The Balaban J connectivity index is 1.70. The maximum Gasteiger partial charge on any atom is 0.247 e. The monoisotopic (exact) mass is 354 g/mol. The minimum absolute atomic E-state index is 0.0924. The van der Waals surface area contributed by atoms with Crippen LogP contribution in [0.2, 0.25) is 0 Å². The number of ether oxygens (including phenoxy) is 2. The van der Waals surface area contributed by atoms with Crippen LogP contribution in [0.3, 0.4) is 0 Å². The van der Waals surface area contributed by atoms with Gasteiger partial charge in [0.25, 0.3) is 0 Å². The summed E-state index contributed by atoms with van der Waals surface area (Å²) in [4.78, 5) is 15.0. The van der Waals surface area contributed by atoms with Crippen molar-refractivity contribution in [2.75, 3.05) is 26.1 Å². The van der Waals surface area contributed by atoms with Gasteiger partial charge in [0, 0.05) is 18.8 Å². The molecule has 5 heteroatoms. The molecule has 0 unspecified atom stereocenters. The highest BCUT2D eigenvalue weighted by Crippen LogP contribution is 2.26. The van der Waals surface area contributed by atoms with Crippen LogP contribution in [0.1, 0.15) is 25.0 Å². The Hall–Kier alpha value is -2.69. The molecule has 1 heterocycles. The van der Waals surface area contributed by atoms with Gasteiger partial charge < -0.3 is 19.7 Å². The van der Waals surface area contributed by atoms with E-state index in [2.05, 4.69) is 17.4 Å². The van der Waals surface area contributed by atoms with E-state index in [1.807, 2.05) is 49.1 Å². The second kappa shape index (κ2) is 7.28. The fourth-order valence-electron chi connectivity index (χ4n) is 3.31. The number of carbonyl (C=O) groups is 1. The molecule has 1 aliphatic rings. The van der Waals surface area contributed by atoms with Crippen LogP contribution in [0, 0.1) is 0 Å². The van der Waals surface area contributed by atoms with Crippen molar-refractivity contribution in [2.45, 2.75) is 32.4 Å². The van der Waals surface area contributed by atoms with Gasteiger partial charge in [-0.25, -0.2) is 0 Å². The van der Waals surface area contributed by atoms with Crippen molar-refractivity contribution in [2.24, 2.45) is 0 Å². The molecule has 0 aliphatic carbocycles. The molecule has 0 radical (unpaired) electrons. The Morgan fingerprint density at radius 2 is 1.65 bits per heavy atom. The van der Waals surface area contributed by atoms with Crippen LogP contribution in [-0.2, 0) is 17.8 Å². The van der Waals surface area contributed by atoms with Gasteiger partial charge in [-0.05, 0) is 67.8 Å². The van der Waals surface area contributed by atoms with Crippen LogP contribution in [0.25, 0.3) is 0 Å². The molecule has 0 atom stereocenters. The molecule has 0 saturated carbocycles. The number of rotatable bonds is 5. The molecule has 138 valence electrons. The first kappa shape index (κ1) is 18.1. The van der Waals surface area contributed by atoms with E-state index in [9.17, 15) is 4.79 Å². The first-order valence-corrected chi connectivity index (χ1v) is 8.80. The topological polar surface area (TPSA) is 50.8 Å². The summed E-state index contributed by atoms with van der Waals surface area (Å²) in [5.74, 6) is 1.75. The predicted molar refractivity (Wildman–Crippen MR) is 103 cm³/mol. The van der Waals surface area contributed by atoms with E-state index in [-0.39, 0.29) is 5.91 Å². The van der Waals surface area contributed by atoms with E-state index < -0.39 is 5.54 Å². The molecule has 5 nitrogen and oxygen atoms in total. The zero-order chi connectivity index (χ0) is 18.7. The van der Waals surface area contributed by atoms with Crippen molar-refractivity contribution in [1.29, 1.82) is 0 Å². The zero-order valence-electron chi connectivity index (χ0n) is 15.8. The molecule has 0 saturated heterocycles. The van der Waals surface area contributed by atoms with Gasteiger partial charge in [-0.15, -0.1) is 0 Å². The molecular weight excluding hydrogens is 328 g/mol. The molecular formula is C21H26N2O3. The summed E-state index contributed by atoms with van der Waals surface area (Å²) in [7, 11) is 3.31. The number of methoxy groups -OCH3 is 2. The molecule has 1 aliphatic heterocycles. The highest BCUT2D eigenvalue weighted by atomic mass is 16.5. The number of fused-ring (bicyclic) bond motifs is 1. The lowest BCUT2D eigenvalue weighted by molar-refractivity contribution is -0.135. The Kier molecular flexibility index (Phi) is 5.07. The maximum absolute atomic E-state index is 13.1. The average molecular weight is 354 g/mol. The van der Waals surface area contributed by atoms with Crippen molar-refractivity contribution >= 4 is 11.6 Å². The summed E-state index contributed by atoms with van der Waals surface area (Å²) in [5, 5.41) is 3.34. The molecule has 2 aromatic rings. The lowest BCUT2D eigenvalue weighted by atomic mass is 9.96. The molecule has 1 N–H and O–H groups in total. The van der Waals surface area contributed by atoms with E-state index >= 15 is 0 Å². The fraction of sp³-hybridized carbons (Fsp3) is 0.381. The first-order chi connectivity index (χ1) is 12.4. The molecule has 26 heavy (non-hydrogen) atoms. The molecule has 0 fully saturated rings. The van der Waals surface area contributed by atoms with E-state index in [1.54, 1.807) is 14.2 Å². The van der Waals surface area contributed by atoms with Crippen molar-refractivity contribution in [3.63, 3.8) is 0 Å². The van der Waals surface area contributed by atoms with E-state index in [1.165, 1.54) is 11.1 Å². The SMILES string of the molecule is COc1ccc(NC(C)(C)C(=O)N2CCc3cc(OC)ccc3C2)cc1. The van der Waals surface area contributed by atoms with Crippen LogP contribution in [-0.4, -0.2) is 37.1 Å². The summed E-state index contributed by atoms with van der Waals surface area (Å²) in [6.07, 6.45) is 0.844. The van der Waals surface area contributed by atoms with E-state index in [4.69, 9.17) is 9.47 Å². The average Bonchev–Trinajstić information content (AvgIpc) is 2.66. The van der Waals surface area contributed by atoms with Crippen LogP contribution in [0.4, 0.5) is 5.69 Å². The number of anilines is 1. The summed E-state index contributed by atoms with van der Waals surface area (Å²) < 4.78 is 10.5. The van der Waals surface area contributed by atoms with Crippen molar-refractivity contribution in [1.82, 2.24) is 4.90 Å². The van der Waals surface area contributed by atoms with Gasteiger partial charge in [-0.1, -0.05) is 6.07 Å². The predicted octanol–water partition coefficient (Wildman–Crippen LogP) is 3.48. The number of hydrogen-bond acceptors (Lipinski definition) is 4. The van der Waals surface area contributed by atoms with Crippen LogP contribution >= 0.6 is 0 Å². The highest BCUT2D eigenvalue weighted by molar-refractivity contribution is 5.88. The quantitative estimate of drug-likeness (QED) is 0.893. The number of carbonyl (C=O) groups excluding carboxylic acids is 1. The van der Waals surface area contributed by atoms with Gasteiger partial charge in [0.1, 0.15) is 17.0 Å². The van der Waals surface area contributed by atoms with E-state index in [0.717, 1.165) is 23.6 Å². The molecule has 2 aromatic carbocycles. The van der Waals surface area contributed by atoms with E-state index in [0.29, 0.717) is 13.1 Å². The third-order valence-corrected chi connectivity index (χ3v) is 4.79. The normalized spacial score (nSPS) is 13.8. The van der Waals surface area contributed by atoms with Gasteiger partial charge in [0.2, 0.25) is 5.91 Å². The number of amides is 1. The van der Waals surface area contributed by atoms with Gasteiger partial charge in [-0.2, -0.15) is 0 Å². The smallest absolute Gasteiger partial charge is 0.247 e. The van der Waals surface area contributed by atoms with Crippen LogP contribution in [0.15, 0.2) is 42.5 Å². The Bertz CT molecular complexity index is 784. The largest absolute Gasteiger partial charge is 0.497 e. The van der Waals surface area contributed by atoms with Gasteiger partial charge in [0.05, 0.1) is 14.2 Å². The third-order valence-electron chi connectivity index (χ3n) is 4.79. The van der Waals surface area contributed by atoms with Gasteiger partial charge in [-0.3, -0.25) is 4.79 Å². The summed E-state index contributed by atoms with van der Waals surface area (Å²) in [5.41, 5.74) is 2.64. The lowest BCUT2D eigenvalue weighted by Gasteiger charge is -2.36. The Labute approximate surface area is 154 Å². The zero-order valence-corrected chi connectivity index (χ0v) is 15.8. The first-order valence-electron chi connectivity index (χ1n) is 8.80. The molecule has 0 bridgehead atoms. The number of nitrogens with zero attached hydrogens (tertiary/aromatic N) is 1. The van der Waals surface area contributed by atoms with Crippen molar-refractivity contribution in [3.8, 4) is 11.5 Å². The number of nitrogens with one attached hydrogen (secondary N) is 1. The second-order valence-corrected chi connectivity index (χ2v) is 7.09. The minimum atomic E-state index is -0.696. The molecule has 1 amide bonds. The molecule has 0 aromatic heterocycles. The number of hydrogen-bond donors (Lipinski definition) is 1. The maximum atomic E-state index is 13.1. The summed E-state index contributed by atoms with van der Waals surface area (Å²) in [6.45, 7) is 5.19. The van der Waals surface area contributed by atoms with Crippen LogP contribution < -0.4 is 14.8 Å². The standard InChI is InChI=1S/C21H26N2O3/c1-21(2,22-17-6-9-18(25-3)10-7-17)20(24)23-12-11-15-13-19(26-4)8-5-16(15)14-23/h5-10,13,22H,11-12,14H2,1-4H3. The molecule has 3 rings (SSSR count). The third kappa shape index (κ3) is 3.77. The molecule has 0 spiro atoms. The lowest BCUT2D eigenvalue weighted by Crippen LogP contribution is -2.51. The summed E-state index contributed by atoms with van der Waals surface area (Å²) >= 11 is 0. The summed E-state index contributed by atoms with van der Waals surface area (Å²) in [6, 6.07) is 13.7. The van der Waals surface area contributed by atoms with Crippen LogP contribution in [0.5, 0.6) is 11.5 Å². The Morgan fingerprint density at radius 3 is 2.31 bits per heavy atom. The number of benzene rings is 2.